The first-order valence-corrected chi connectivity index (χ1v) is 13.0. The van der Waals surface area contributed by atoms with Gasteiger partial charge in [0.05, 0.1) is 37.4 Å². The average Bonchev–Trinajstić information content (AvgIpc) is 2.92. The van der Waals surface area contributed by atoms with Gasteiger partial charge in [-0.15, -0.1) is 0 Å². The van der Waals surface area contributed by atoms with E-state index in [-0.39, 0.29) is 29.1 Å². The monoisotopic (exact) mass is 671 g/mol. The van der Waals surface area contributed by atoms with E-state index >= 15 is 4.39 Å². The normalized spacial score (nSPS) is 12.4. The molecule has 0 aliphatic heterocycles. The molecule has 0 unspecified atom stereocenters. The van der Waals surface area contributed by atoms with Crippen molar-refractivity contribution in [2.75, 3.05) is 7.11 Å². The highest BCUT2D eigenvalue weighted by Crippen LogP contribution is 2.34. The summed E-state index contributed by atoms with van der Waals surface area (Å²) in [6.45, 7) is 0.215. The molecule has 12 heteroatoms. The van der Waals surface area contributed by atoms with Gasteiger partial charge >= 0.3 is 11.9 Å². The highest BCUT2D eigenvalue weighted by molar-refractivity contribution is 14.1. The predicted molar refractivity (Wildman–Crippen MR) is 148 cm³/mol. The molecular formula is C28H23F5IN3O3. The zero-order valence-electron chi connectivity index (χ0n) is 21.2. The average molecular weight is 671 g/mol. The maximum Gasteiger partial charge on any atom is 0.416 e. The lowest BCUT2D eigenvalue weighted by Crippen LogP contribution is -2.44. The smallest absolute Gasteiger partial charge is 0.416 e. The number of alkyl halides is 3. The lowest BCUT2D eigenvalue weighted by atomic mass is 10.0. The fraction of sp³-hybridized carbons (Fsp3) is 0.214. The molecule has 0 aliphatic rings. The van der Waals surface area contributed by atoms with E-state index in [0.29, 0.717) is 6.07 Å². The number of benzene rings is 3. The minimum atomic E-state index is -4.91. The Morgan fingerprint density at radius 1 is 0.950 bits per heavy atom. The summed E-state index contributed by atoms with van der Waals surface area (Å²) in [5.74, 6) is -2.25. The molecule has 0 bridgehead atoms. The van der Waals surface area contributed by atoms with E-state index in [1.54, 1.807) is 30.3 Å². The van der Waals surface area contributed by atoms with Gasteiger partial charge in [0, 0.05) is 39.7 Å². The Morgan fingerprint density at radius 2 is 1.62 bits per heavy atom. The third kappa shape index (κ3) is 5.68. The molecule has 1 atom stereocenters. The first kappa shape index (κ1) is 29.5. The SMILES string of the molecule is COc1cccc(-c2c(C)n(Cc3c(F)cccc3C(F)(F)F)c(=O)n(C[C@H](NI)c3ccccc3)c2=O)c1F. The van der Waals surface area contributed by atoms with Crippen molar-refractivity contribution >= 4 is 22.9 Å². The van der Waals surface area contributed by atoms with Crippen LogP contribution in [0.1, 0.15) is 28.4 Å². The van der Waals surface area contributed by atoms with Gasteiger partial charge in [0.1, 0.15) is 5.82 Å². The Hall–Kier alpha value is -3.52. The molecule has 4 aromatic rings. The number of methoxy groups -OCH3 is 1. The van der Waals surface area contributed by atoms with Crippen LogP contribution in [0.4, 0.5) is 22.0 Å². The van der Waals surface area contributed by atoms with Gasteiger partial charge in [0.2, 0.25) is 0 Å². The topological polar surface area (TPSA) is 65.3 Å². The van der Waals surface area contributed by atoms with Crippen molar-refractivity contribution in [3.05, 3.63) is 122 Å². The molecule has 0 saturated heterocycles. The second-order valence-electron chi connectivity index (χ2n) is 8.90. The zero-order chi connectivity index (χ0) is 29.2. The van der Waals surface area contributed by atoms with Gasteiger partial charge in [-0.05, 0) is 30.7 Å². The van der Waals surface area contributed by atoms with Crippen LogP contribution < -0.4 is 19.5 Å². The van der Waals surface area contributed by atoms with E-state index in [2.05, 4.69) is 3.53 Å². The summed E-state index contributed by atoms with van der Waals surface area (Å²) in [6.07, 6.45) is -4.91. The molecule has 0 aliphatic carbocycles. The predicted octanol–water partition coefficient (Wildman–Crippen LogP) is 6.02. The largest absolute Gasteiger partial charge is 0.494 e. The number of rotatable bonds is 8. The fourth-order valence-electron chi connectivity index (χ4n) is 4.53. The first-order valence-electron chi connectivity index (χ1n) is 11.9. The molecule has 1 heterocycles. The Bertz CT molecular complexity index is 1650. The number of aromatic nitrogens is 2. The third-order valence-electron chi connectivity index (χ3n) is 6.58. The van der Waals surface area contributed by atoms with Crippen LogP contribution in [0.25, 0.3) is 11.1 Å². The molecule has 0 fully saturated rings. The summed E-state index contributed by atoms with van der Waals surface area (Å²) < 4.78 is 81.3. The minimum absolute atomic E-state index is 0.131. The standard InChI is InChI=1S/C28H23F5IN3O3/c1-16-24(18-10-6-13-23(40-2)25(18)30)26(38)37(15-22(35-34)17-8-4-3-5-9-17)27(39)36(16)14-19-20(28(31,32)33)11-7-12-21(19)29/h3-13,22,35H,14-15H2,1-2H3/t22-/m0/s1. The molecule has 0 radical (unpaired) electrons. The number of hydrogen-bond acceptors (Lipinski definition) is 4. The molecule has 1 N–H and O–H groups in total. The van der Waals surface area contributed by atoms with Crippen LogP contribution in [0.2, 0.25) is 0 Å². The van der Waals surface area contributed by atoms with Crippen LogP contribution in [0, 0.1) is 18.6 Å². The lowest BCUT2D eigenvalue weighted by Gasteiger charge is -2.22. The molecule has 1 aromatic heterocycles. The second-order valence-corrected chi connectivity index (χ2v) is 9.53. The van der Waals surface area contributed by atoms with E-state index < -0.39 is 52.8 Å². The van der Waals surface area contributed by atoms with E-state index in [1.807, 2.05) is 22.9 Å². The number of ether oxygens (including phenoxy) is 1. The number of nitrogens with one attached hydrogen (secondary N) is 1. The van der Waals surface area contributed by atoms with Crippen LogP contribution in [-0.4, -0.2) is 16.2 Å². The van der Waals surface area contributed by atoms with Crippen molar-refractivity contribution in [1.82, 2.24) is 12.7 Å². The van der Waals surface area contributed by atoms with Crippen molar-refractivity contribution in [3.8, 4) is 16.9 Å². The van der Waals surface area contributed by atoms with Crippen LogP contribution in [-0.2, 0) is 19.3 Å². The van der Waals surface area contributed by atoms with Gasteiger partial charge in [-0.25, -0.2) is 13.6 Å². The Balaban J connectivity index is 2.02. The van der Waals surface area contributed by atoms with Gasteiger partial charge < -0.3 is 4.74 Å². The lowest BCUT2D eigenvalue weighted by molar-refractivity contribution is -0.138. The number of hydrogen-bond donors (Lipinski definition) is 1. The van der Waals surface area contributed by atoms with E-state index in [0.717, 1.165) is 26.8 Å². The second kappa shape index (κ2) is 11.9. The highest BCUT2D eigenvalue weighted by atomic mass is 127. The third-order valence-corrected chi connectivity index (χ3v) is 7.33. The molecule has 4 rings (SSSR count). The molecule has 3 aromatic carbocycles. The van der Waals surface area contributed by atoms with Crippen LogP contribution >= 0.6 is 22.9 Å². The molecule has 6 nitrogen and oxygen atoms in total. The van der Waals surface area contributed by atoms with Crippen molar-refractivity contribution in [1.29, 1.82) is 0 Å². The quantitative estimate of drug-likeness (QED) is 0.142. The van der Waals surface area contributed by atoms with Gasteiger partial charge in [-0.3, -0.25) is 17.5 Å². The molecule has 0 spiro atoms. The van der Waals surface area contributed by atoms with Crippen molar-refractivity contribution in [2.45, 2.75) is 32.2 Å². The Kier molecular flexibility index (Phi) is 8.78. The summed E-state index contributed by atoms with van der Waals surface area (Å²) in [5.41, 5.74) is -3.77. The Labute approximate surface area is 239 Å². The van der Waals surface area contributed by atoms with Gasteiger partial charge in [0.15, 0.2) is 11.6 Å². The minimum Gasteiger partial charge on any atom is -0.494 e. The summed E-state index contributed by atoms with van der Waals surface area (Å²) >= 11 is 1.86. The van der Waals surface area contributed by atoms with Crippen LogP contribution in [0.5, 0.6) is 5.75 Å². The van der Waals surface area contributed by atoms with E-state index in [9.17, 15) is 27.2 Å². The molecule has 210 valence electrons. The summed E-state index contributed by atoms with van der Waals surface area (Å²) in [7, 11) is 1.24. The summed E-state index contributed by atoms with van der Waals surface area (Å²) in [4.78, 5) is 27.5. The number of nitrogens with zero attached hydrogens (tertiary/aromatic N) is 2. The van der Waals surface area contributed by atoms with Crippen LogP contribution in [0.15, 0.2) is 76.3 Å². The van der Waals surface area contributed by atoms with Gasteiger partial charge in [0.25, 0.3) is 5.56 Å². The maximum atomic E-state index is 15.4. The van der Waals surface area contributed by atoms with E-state index in [4.69, 9.17) is 4.74 Å². The highest BCUT2D eigenvalue weighted by Gasteiger charge is 2.35. The van der Waals surface area contributed by atoms with Crippen molar-refractivity contribution in [3.63, 3.8) is 0 Å². The van der Waals surface area contributed by atoms with Crippen LogP contribution in [0.3, 0.4) is 0 Å². The fourth-order valence-corrected chi connectivity index (χ4v) is 5.09. The summed E-state index contributed by atoms with van der Waals surface area (Å²) in [6, 6.07) is 14.8. The van der Waals surface area contributed by atoms with Gasteiger partial charge in [-0.2, -0.15) is 13.2 Å². The summed E-state index contributed by atoms with van der Waals surface area (Å²) in [5, 5.41) is 0. The van der Waals surface area contributed by atoms with E-state index in [1.165, 1.54) is 32.2 Å². The first-order chi connectivity index (χ1) is 19.0. The van der Waals surface area contributed by atoms with Crippen molar-refractivity contribution in [2.24, 2.45) is 0 Å². The van der Waals surface area contributed by atoms with Gasteiger partial charge in [-0.1, -0.05) is 48.5 Å². The molecular weight excluding hydrogens is 648 g/mol. The van der Waals surface area contributed by atoms with Crippen molar-refractivity contribution < 1.29 is 26.7 Å². The maximum absolute atomic E-state index is 15.4. The molecule has 0 saturated carbocycles. The number of halogens is 6. The molecule has 40 heavy (non-hydrogen) atoms. The molecule has 0 amide bonds. The Morgan fingerprint density at radius 3 is 2.25 bits per heavy atom. The zero-order valence-corrected chi connectivity index (χ0v) is 23.4.